The lowest BCUT2D eigenvalue weighted by molar-refractivity contribution is -0.133. The van der Waals surface area contributed by atoms with E-state index in [1.165, 1.54) is 0 Å². The number of phenols is 2. The Balaban J connectivity index is 1.17. The van der Waals surface area contributed by atoms with Gasteiger partial charge in [-0.25, -0.2) is 4.58 Å². The van der Waals surface area contributed by atoms with Crippen molar-refractivity contribution in [3.05, 3.63) is 61.7 Å². The van der Waals surface area contributed by atoms with Crippen LogP contribution in [0.5, 0.6) is 11.5 Å². The van der Waals surface area contributed by atoms with Gasteiger partial charge < -0.3 is 15.1 Å². The highest BCUT2D eigenvalue weighted by Crippen LogP contribution is 2.48. The molecule has 8 rings (SSSR count). The van der Waals surface area contributed by atoms with Gasteiger partial charge in [-0.15, -0.1) is 0 Å². The van der Waals surface area contributed by atoms with Crippen LogP contribution in [-0.4, -0.2) is 59.5 Å². The Hall–Kier alpha value is -4.58. The largest absolute Gasteiger partial charge is 0.507 e. The van der Waals surface area contributed by atoms with Crippen molar-refractivity contribution in [2.24, 2.45) is 5.92 Å². The molecule has 0 amide bonds. The molecule has 2 saturated carbocycles. The number of nitriles is 1. The highest BCUT2D eigenvalue weighted by molar-refractivity contribution is 6.58. The number of nitrogens with zero attached hydrogens (tertiary/aromatic N) is 3. The molecule has 4 aliphatic heterocycles. The Morgan fingerprint density at radius 3 is 2.19 bits per heavy atom. The predicted molar refractivity (Wildman–Crippen MR) is 154 cm³/mol. The van der Waals surface area contributed by atoms with E-state index in [4.69, 9.17) is 0 Å². The zero-order valence-electron chi connectivity index (χ0n) is 23.7. The number of aromatic hydroxyl groups is 2. The van der Waals surface area contributed by atoms with E-state index in [1.807, 2.05) is 6.07 Å². The number of benzene rings is 2. The molecule has 0 atom stereocenters. The summed E-state index contributed by atoms with van der Waals surface area (Å²) in [4.78, 5) is 56.2. The molecular weight excluding hydrogens is 546 g/mol. The van der Waals surface area contributed by atoms with Gasteiger partial charge in [0.2, 0.25) is 5.36 Å². The molecule has 6 aliphatic rings. The molecule has 4 heterocycles. The number of Topliss-reactive ketones (excluding diaryl/α,β-unsaturated/α-hetero) is 4. The maximum absolute atomic E-state index is 13.5. The normalized spacial score (nSPS) is 23.8. The van der Waals surface area contributed by atoms with Gasteiger partial charge in [0.1, 0.15) is 36.4 Å². The number of anilines is 1. The molecule has 2 fully saturated rings. The number of rotatable bonds is 2. The van der Waals surface area contributed by atoms with Gasteiger partial charge in [-0.05, 0) is 56.2 Å². The van der Waals surface area contributed by atoms with Crippen molar-refractivity contribution < 1.29 is 29.4 Å². The summed E-state index contributed by atoms with van der Waals surface area (Å²) in [7, 11) is 0. The third-order valence-electron chi connectivity index (χ3n) is 10.3. The van der Waals surface area contributed by atoms with Gasteiger partial charge in [-0.1, -0.05) is 0 Å². The second-order valence-electron chi connectivity index (χ2n) is 12.5. The quantitative estimate of drug-likeness (QED) is 0.177. The minimum absolute atomic E-state index is 0.0496. The van der Waals surface area contributed by atoms with Crippen LogP contribution in [0, 0.1) is 17.2 Å². The maximum Gasteiger partial charge on any atom is 0.210 e. The lowest BCUT2D eigenvalue weighted by Crippen LogP contribution is -2.49. The van der Waals surface area contributed by atoms with Crippen LogP contribution < -0.4 is 20.1 Å². The van der Waals surface area contributed by atoms with Crippen molar-refractivity contribution in [1.82, 2.24) is 4.58 Å². The minimum atomic E-state index is -1.54. The Bertz CT molecular complexity index is 1920. The lowest BCUT2D eigenvalue weighted by Gasteiger charge is -2.39. The monoisotopic (exact) mass is 576 g/mol. The zero-order valence-corrected chi connectivity index (χ0v) is 23.7. The third kappa shape index (κ3) is 3.40. The Labute approximate surface area is 247 Å². The van der Waals surface area contributed by atoms with Crippen molar-refractivity contribution >= 4 is 34.4 Å². The van der Waals surface area contributed by atoms with Gasteiger partial charge >= 0.3 is 0 Å². The molecule has 2 aromatic carbocycles. The van der Waals surface area contributed by atoms with E-state index in [1.54, 1.807) is 12.1 Å². The Morgan fingerprint density at radius 2 is 1.47 bits per heavy atom. The van der Waals surface area contributed by atoms with E-state index in [0.717, 1.165) is 98.0 Å². The number of carbonyl (C=O) groups excluding carboxylic acids is 4. The van der Waals surface area contributed by atoms with Crippen LogP contribution in [0.1, 0.15) is 59.4 Å². The SMILES string of the molecule is N#CC(=C1C(=O)C(c2cc3c4c(c2O)CCCN4CCC3)C1=O)C1C(=O)C(=c2cc3c4c(c2O)CCC[N+]=4CCC3)C1=O. The summed E-state index contributed by atoms with van der Waals surface area (Å²) in [6, 6.07) is 5.28. The van der Waals surface area contributed by atoms with E-state index in [9.17, 15) is 34.7 Å². The smallest absolute Gasteiger partial charge is 0.210 e. The average molecular weight is 577 g/mol. The second-order valence-corrected chi connectivity index (χ2v) is 12.5. The molecule has 0 spiro atoms. The Morgan fingerprint density at radius 1 is 0.814 bits per heavy atom. The van der Waals surface area contributed by atoms with Gasteiger partial charge in [-0.2, -0.15) is 5.26 Å². The van der Waals surface area contributed by atoms with E-state index >= 15 is 0 Å². The van der Waals surface area contributed by atoms with Gasteiger partial charge in [0.05, 0.1) is 28.4 Å². The standard InChI is InChI=1S/C34H29N3O6/c35-15-22(25-31(40)23(32(25)41)20-13-16-5-1-9-36-11-3-7-18(27(16)36)29(20)38)26-33(42)24(34(26)43)21-14-17-6-2-10-37-12-4-8-19(28(17)37)30(21)39/h13-14,23,26,38H,1-12H2/p+1. The molecule has 0 unspecified atom stereocenters. The average Bonchev–Trinajstić information content (AvgIpc) is 3.02. The van der Waals surface area contributed by atoms with Crippen LogP contribution in [0.4, 0.5) is 5.69 Å². The van der Waals surface area contributed by atoms with Gasteiger partial charge in [0.25, 0.3) is 0 Å². The van der Waals surface area contributed by atoms with E-state index in [0.29, 0.717) is 12.8 Å². The van der Waals surface area contributed by atoms with Crippen LogP contribution >= 0.6 is 0 Å². The molecule has 216 valence electrons. The van der Waals surface area contributed by atoms with Crippen LogP contribution in [-0.2, 0) is 44.9 Å². The summed E-state index contributed by atoms with van der Waals surface area (Å²) < 4.78 is 2.24. The molecule has 43 heavy (non-hydrogen) atoms. The first kappa shape index (κ1) is 26.1. The number of allylic oxidation sites excluding steroid dienone is 2. The fraction of sp³-hybridized carbons (Fsp3) is 0.412. The number of ketones is 4. The molecule has 2 aromatic rings. The number of phenolic OH excluding ortho intramolecular Hbond substituents is 2. The molecule has 2 aliphatic carbocycles. The van der Waals surface area contributed by atoms with Gasteiger partial charge in [0, 0.05) is 53.5 Å². The molecule has 0 aromatic heterocycles. The van der Waals surface area contributed by atoms with Crippen molar-refractivity contribution in [1.29, 1.82) is 5.26 Å². The number of aryl methyl sites for hydroxylation is 2. The topological polar surface area (TPSA) is 139 Å². The summed E-state index contributed by atoms with van der Waals surface area (Å²) in [5.41, 5.74) is 3.71. The Kier molecular flexibility index (Phi) is 5.58. The van der Waals surface area contributed by atoms with E-state index < -0.39 is 46.1 Å². The van der Waals surface area contributed by atoms with Gasteiger partial charge in [-0.3, -0.25) is 19.2 Å². The van der Waals surface area contributed by atoms with Crippen LogP contribution in [0.25, 0.3) is 5.57 Å². The summed E-state index contributed by atoms with van der Waals surface area (Å²) >= 11 is 0. The molecule has 9 nitrogen and oxygen atoms in total. The third-order valence-corrected chi connectivity index (χ3v) is 10.3. The summed E-state index contributed by atoms with van der Waals surface area (Å²) in [5.74, 6) is -5.55. The first-order chi connectivity index (χ1) is 20.8. The van der Waals surface area contributed by atoms with Gasteiger partial charge in [0.15, 0.2) is 23.1 Å². The number of carbonyl (C=O) groups is 4. The molecule has 0 saturated heterocycles. The molecule has 9 heteroatoms. The summed E-state index contributed by atoms with van der Waals surface area (Å²) in [5, 5.41) is 33.5. The molecular formula is C34H30N3O6+. The second kappa shape index (κ2) is 9.21. The van der Waals surface area contributed by atoms with Crippen LogP contribution in [0.3, 0.4) is 0 Å². The molecule has 0 radical (unpaired) electrons. The highest BCUT2D eigenvalue weighted by Gasteiger charge is 2.55. The highest BCUT2D eigenvalue weighted by atomic mass is 16.3. The van der Waals surface area contributed by atoms with Crippen LogP contribution in [0.2, 0.25) is 0 Å². The zero-order chi connectivity index (χ0) is 29.7. The molecule has 0 bridgehead atoms. The number of hydrogen-bond donors (Lipinski definition) is 2. The fourth-order valence-corrected chi connectivity index (χ4v) is 8.37. The van der Waals surface area contributed by atoms with Crippen molar-refractivity contribution in [3.8, 4) is 17.6 Å². The summed E-state index contributed by atoms with van der Waals surface area (Å²) in [6.45, 7) is 3.62. The van der Waals surface area contributed by atoms with Crippen molar-refractivity contribution in [2.45, 2.75) is 57.3 Å². The lowest BCUT2D eigenvalue weighted by atomic mass is 9.64. The molecule has 2 N–H and O–H groups in total. The summed E-state index contributed by atoms with van der Waals surface area (Å²) in [6.07, 6.45) is 6.46. The van der Waals surface area contributed by atoms with E-state index in [2.05, 4.69) is 9.48 Å². The first-order valence-corrected chi connectivity index (χ1v) is 15.3. The number of hydrogen-bond acceptors (Lipinski definition) is 8. The van der Waals surface area contributed by atoms with E-state index in [-0.39, 0.29) is 27.9 Å². The first-order valence-electron chi connectivity index (χ1n) is 15.3. The van der Waals surface area contributed by atoms with Crippen molar-refractivity contribution in [3.63, 3.8) is 0 Å². The predicted octanol–water partition coefficient (Wildman–Crippen LogP) is 0.855. The fourth-order valence-electron chi connectivity index (χ4n) is 8.37. The van der Waals surface area contributed by atoms with Crippen LogP contribution in [0.15, 0.2) is 23.3 Å². The van der Waals surface area contributed by atoms with Crippen molar-refractivity contribution in [2.75, 3.05) is 31.1 Å². The maximum atomic E-state index is 13.5. The minimum Gasteiger partial charge on any atom is -0.507 e.